The molecule has 6 heteroatoms. The summed E-state index contributed by atoms with van der Waals surface area (Å²) in [7, 11) is 2.97. The molecule has 1 aromatic heterocycles. The summed E-state index contributed by atoms with van der Waals surface area (Å²) in [6.07, 6.45) is 4.90. The van der Waals surface area contributed by atoms with Gasteiger partial charge in [0.25, 0.3) is 0 Å². The van der Waals surface area contributed by atoms with E-state index in [1.54, 1.807) is 24.4 Å². The van der Waals surface area contributed by atoms with E-state index >= 15 is 0 Å². The van der Waals surface area contributed by atoms with Crippen LogP contribution in [-0.2, 0) is 10.3 Å². The second-order valence-electron chi connectivity index (χ2n) is 3.74. The van der Waals surface area contributed by atoms with Gasteiger partial charge in [-0.15, -0.1) is 0 Å². The molecule has 2 rings (SSSR count). The first kappa shape index (κ1) is 12.2. The van der Waals surface area contributed by atoms with E-state index in [2.05, 4.69) is 15.0 Å². The fraction of sp³-hybridized carbons (Fsp3) is 0.333. The molecule has 1 aliphatic heterocycles. The first-order valence-electron chi connectivity index (χ1n) is 5.34. The maximum absolute atomic E-state index is 11.8. The third-order valence-electron chi connectivity index (χ3n) is 2.68. The number of rotatable bonds is 4. The minimum absolute atomic E-state index is 0.164. The van der Waals surface area contributed by atoms with Crippen LogP contribution in [0, 0.1) is 0 Å². The second-order valence-corrected chi connectivity index (χ2v) is 3.74. The number of ether oxygens (including phenoxy) is 2. The molecule has 1 unspecified atom stereocenters. The van der Waals surface area contributed by atoms with Gasteiger partial charge in [0.2, 0.25) is 11.8 Å². The molecule has 0 aromatic carbocycles. The van der Waals surface area contributed by atoms with Crippen molar-refractivity contribution in [1.29, 1.82) is 0 Å². The van der Waals surface area contributed by atoms with Gasteiger partial charge in [-0.1, -0.05) is 0 Å². The minimum Gasteiger partial charge on any atom is -0.481 e. The summed E-state index contributed by atoms with van der Waals surface area (Å²) in [5, 5.41) is 0. The van der Waals surface area contributed by atoms with Gasteiger partial charge in [0.15, 0.2) is 17.1 Å². The maximum Gasteiger partial charge on any atom is 0.220 e. The number of nitrogens with zero attached hydrogens (tertiary/aromatic N) is 3. The summed E-state index contributed by atoms with van der Waals surface area (Å²) in [5.74, 6) is 0.736. The maximum atomic E-state index is 11.8. The molecule has 94 valence electrons. The van der Waals surface area contributed by atoms with Gasteiger partial charge in [-0.05, 0) is 19.1 Å². The first-order valence-corrected chi connectivity index (χ1v) is 5.34. The Morgan fingerprint density at radius 1 is 1.22 bits per heavy atom. The fourth-order valence-corrected chi connectivity index (χ4v) is 1.67. The van der Waals surface area contributed by atoms with E-state index < -0.39 is 5.54 Å². The lowest BCUT2D eigenvalue weighted by Crippen LogP contribution is -2.31. The Labute approximate surface area is 104 Å². The number of carbonyl (C=O) groups is 1. The number of ketones is 1. The second kappa shape index (κ2) is 4.56. The average Bonchev–Trinajstić information content (AvgIpc) is 2.88. The summed E-state index contributed by atoms with van der Waals surface area (Å²) in [5.41, 5.74) is -1.16. The highest BCUT2D eigenvalue weighted by atomic mass is 16.5. The molecule has 18 heavy (non-hydrogen) atoms. The van der Waals surface area contributed by atoms with E-state index in [-0.39, 0.29) is 11.6 Å². The van der Waals surface area contributed by atoms with E-state index in [4.69, 9.17) is 9.47 Å². The Morgan fingerprint density at radius 3 is 2.22 bits per heavy atom. The summed E-state index contributed by atoms with van der Waals surface area (Å²) >= 11 is 0. The van der Waals surface area contributed by atoms with Crippen LogP contribution < -0.4 is 9.47 Å². The van der Waals surface area contributed by atoms with E-state index in [0.717, 1.165) is 0 Å². The molecule has 0 bridgehead atoms. The molecule has 1 aromatic rings. The Bertz CT molecular complexity index is 503. The number of allylic oxidation sites excluding steroid dienone is 1. The Morgan fingerprint density at radius 2 is 1.83 bits per heavy atom. The third kappa shape index (κ3) is 1.85. The minimum atomic E-state index is -1.16. The smallest absolute Gasteiger partial charge is 0.220 e. The van der Waals surface area contributed by atoms with Gasteiger partial charge in [-0.3, -0.25) is 9.79 Å². The number of aliphatic imine (C=N–C) groups is 1. The number of methoxy groups -OCH3 is 2. The van der Waals surface area contributed by atoms with Gasteiger partial charge in [0, 0.05) is 6.21 Å². The van der Waals surface area contributed by atoms with Crippen LogP contribution in [0.15, 0.2) is 23.2 Å². The summed E-state index contributed by atoms with van der Waals surface area (Å²) in [6.45, 7) is 1.45. The SMILES string of the molecule is COc1cc(OC)nc(C2(C(C)=O)C=CC=N2)n1. The summed E-state index contributed by atoms with van der Waals surface area (Å²) < 4.78 is 10.1. The molecule has 1 atom stereocenters. The van der Waals surface area contributed by atoms with Crippen molar-refractivity contribution < 1.29 is 14.3 Å². The van der Waals surface area contributed by atoms with Gasteiger partial charge < -0.3 is 9.47 Å². The lowest BCUT2D eigenvalue weighted by atomic mass is 9.95. The van der Waals surface area contributed by atoms with Crippen LogP contribution in [0.3, 0.4) is 0 Å². The molecule has 0 fully saturated rings. The molecule has 0 spiro atoms. The molecule has 1 aliphatic rings. The van der Waals surface area contributed by atoms with Gasteiger partial charge in [-0.25, -0.2) is 0 Å². The molecule has 0 N–H and O–H groups in total. The van der Waals surface area contributed by atoms with Crippen LogP contribution in [0.5, 0.6) is 11.8 Å². The van der Waals surface area contributed by atoms with Crippen molar-refractivity contribution in [3.8, 4) is 11.8 Å². The summed E-state index contributed by atoms with van der Waals surface area (Å²) in [6, 6.07) is 1.54. The fourth-order valence-electron chi connectivity index (χ4n) is 1.67. The highest BCUT2D eigenvalue weighted by Gasteiger charge is 2.39. The normalized spacial score (nSPS) is 21.1. The summed E-state index contributed by atoms with van der Waals surface area (Å²) in [4.78, 5) is 24.4. The zero-order valence-corrected chi connectivity index (χ0v) is 10.4. The van der Waals surface area contributed by atoms with Gasteiger partial charge in [-0.2, -0.15) is 9.97 Å². The van der Waals surface area contributed by atoms with E-state index in [9.17, 15) is 4.79 Å². The largest absolute Gasteiger partial charge is 0.481 e. The van der Waals surface area contributed by atoms with Crippen molar-refractivity contribution in [3.63, 3.8) is 0 Å². The molecular formula is C12H13N3O3. The van der Waals surface area contributed by atoms with E-state index in [1.165, 1.54) is 21.1 Å². The topological polar surface area (TPSA) is 73.7 Å². The highest BCUT2D eigenvalue weighted by Crippen LogP contribution is 2.31. The lowest BCUT2D eigenvalue weighted by molar-refractivity contribution is -0.120. The van der Waals surface area contributed by atoms with Gasteiger partial charge in [0.1, 0.15) is 0 Å². The first-order chi connectivity index (χ1) is 8.62. The van der Waals surface area contributed by atoms with Crippen LogP contribution >= 0.6 is 0 Å². The zero-order chi connectivity index (χ0) is 13.2. The predicted octanol–water partition coefficient (Wildman–Crippen LogP) is 0.919. The van der Waals surface area contributed by atoms with E-state index in [1.807, 2.05) is 0 Å². The van der Waals surface area contributed by atoms with Crippen LogP contribution in [0.25, 0.3) is 0 Å². The lowest BCUT2D eigenvalue weighted by Gasteiger charge is -2.19. The Hall–Kier alpha value is -2.24. The average molecular weight is 247 g/mol. The van der Waals surface area contributed by atoms with Crippen molar-refractivity contribution in [3.05, 3.63) is 24.0 Å². The molecular weight excluding hydrogens is 234 g/mol. The van der Waals surface area contributed by atoms with Crippen molar-refractivity contribution in [2.75, 3.05) is 14.2 Å². The quantitative estimate of drug-likeness (QED) is 0.791. The molecule has 2 heterocycles. The Balaban J connectivity index is 2.58. The van der Waals surface area contributed by atoms with Crippen LogP contribution in [0.2, 0.25) is 0 Å². The van der Waals surface area contributed by atoms with Crippen molar-refractivity contribution in [1.82, 2.24) is 9.97 Å². The van der Waals surface area contributed by atoms with Crippen molar-refractivity contribution >= 4 is 12.0 Å². The van der Waals surface area contributed by atoms with Gasteiger partial charge >= 0.3 is 0 Å². The monoisotopic (exact) mass is 247 g/mol. The highest BCUT2D eigenvalue weighted by molar-refractivity contribution is 5.94. The van der Waals surface area contributed by atoms with Crippen LogP contribution in [-0.4, -0.2) is 36.2 Å². The van der Waals surface area contributed by atoms with Crippen LogP contribution in [0.4, 0.5) is 0 Å². The molecule has 0 radical (unpaired) electrons. The molecule has 6 nitrogen and oxygen atoms in total. The van der Waals surface area contributed by atoms with Gasteiger partial charge in [0.05, 0.1) is 20.3 Å². The van der Waals surface area contributed by atoms with Crippen LogP contribution in [0.1, 0.15) is 12.7 Å². The number of carbonyl (C=O) groups excluding carboxylic acids is 1. The molecule has 0 aliphatic carbocycles. The molecule has 0 amide bonds. The predicted molar refractivity (Wildman–Crippen MR) is 65.1 cm³/mol. The number of Topliss-reactive ketones (excluding diaryl/α,β-unsaturated/α-hetero) is 1. The zero-order valence-electron chi connectivity index (χ0n) is 10.4. The number of hydrogen-bond donors (Lipinski definition) is 0. The number of aromatic nitrogens is 2. The van der Waals surface area contributed by atoms with Crippen molar-refractivity contribution in [2.24, 2.45) is 4.99 Å². The molecule has 0 saturated heterocycles. The number of hydrogen-bond acceptors (Lipinski definition) is 6. The third-order valence-corrected chi connectivity index (χ3v) is 2.68. The Kier molecular flexibility index (Phi) is 3.10. The standard InChI is InChI=1S/C12H13N3O3/c1-8(16)12(5-4-6-13-12)11-14-9(17-2)7-10(15-11)18-3/h4-7H,1-3H3. The molecule has 0 saturated carbocycles. The van der Waals surface area contributed by atoms with Crippen molar-refractivity contribution in [2.45, 2.75) is 12.5 Å². The van der Waals surface area contributed by atoms with E-state index in [0.29, 0.717) is 11.8 Å².